The van der Waals surface area contributed by atoms with Crippen molar-refractivity contribution in [3.8, 4) is 0 Å². The summed E-state index contributed by atoms with van der Waals surface area (Å²) in [7, 11) is -3.64. The molecule has 1 heterocycles. The summed E-state index contributed by atoms with van der Waals surface area (Å²) in [4.78, 5) is 11.8. The number of rotatable bonds is 2. The molecule has 1 aliphatic rings. The van der Waals surface area contributed by atoms with Crippen molar-refractivity contribution in [1.29, 1.82) is 0 Å². The molecule has 0 aliphatic carbocycles. The lowest BCUT2D eigenvalue weighted by Gasteiger charge is -2.13. The van der Waals surface area contributed by atoms with Gasteiger partial charge in [0.25, 0.3) is 0 Å². The molecule has 0 saturated carbocycles. The molecular formula is C12H14O4S. The Hall–Kier alpha value is -1.36. The third-order valence-corrected chi connectivity index (χ3v) is 5.38. The molecule has 92 valence electrons. The molecule has 0 aromatic heterocycles. The van der Waals surface area contributed by atoms with Gasteiger partial charge in [0.2, 0.25) is 0 Å². The van der Waals surface area contributed by atoms with Gasteiger partial charge in [0, 0.05) is 5.92 Å². The van der Waals surface area contributed by atoms with E-state index in [0.717, 1.165) is 0 Å². The second-order valence-corrected chi connectivity index (χ2v) is 6.35. The molecule has 4 nitrogen and oxygen atoms in total. The first-order valence-electron chi connectivity index (χ1n) is 5.44. The molecule has 1 aliphatic heterocycles. The lowest BCUT2D eigenvalue weighted by atomic mass is 10.1. The number of carbonyl (C=O) groups is 1. The number of carbonyl (C=O) groups excluding carboxylic acids is 1. The number of sulfone groups is 1. The van der Waals surface area contributed by atoms with Crippen LogP contribution >= 0.6 is 0 Å². The van der Waals surface area contributed by atoms with E-state index in [0.29, 0.717) is 0 Å². The summed E-state index contributed by atoms with van der Waals surface area (Å²) in [5.74, 6) is -0.971. The number of cyclic esters (lactones) is 1. The van der Waals surface area contributed by atoms with Crippen LogP contribution in [0.1, 0.15) is 13.8 Å². The van der Waals surface area contributed by atoms with E-state index < -0.39 is 21.1 Å². The van der Waals surface area contributed by atoms with Gasteiger partial charge in [0.1, 0.15) is 6.10 Å². The lowest BCUT2D eigenvalue weighted by Crippen LogP contribution is -2.31. The number of hydrogen-bond acceptors (Lipinski definition) is 4. The van der Waals surface area contributed by atoms with Gasteiger partial charge in [-0.05, 0) is 19.1 Å². The first-order valence-corrected chi connectivity index (χ1v) is 6.98. The Bertz CT molecular complexity index is 521. The zero-order valence-electron chi connectivity index (χ0n) is 9.66. The average molecular weight is 254 g/mol. The van der Waals surface area contributed by atoms with Crippen LogP contribution in [0.2, 0.25) is 0 Å². The maximum absolute atomic E-state index is 12.3. The summed E-state index contributed by atoms with van der Waals surface area (Å²) in [6, 6.07) is 8.01. The van der Waals surface area contributed by atoms with E-state index in [4.69, 9.17) is 4.74 Å². The molecule has 2 rings (SSSR count). The van der Waals surface area contributed by atoms with Crippen LogP contribution in [-0.4, -0.2) is 25.7 Å². The number of hydrogen-bond donors (Lipinski definition) is 0. The first-order chi connectivity index (χ1) is 7.94. The predicted octanol–water partition coefficient (Wildman–Crippen LogP) is 1.41. The summed E-state index contributed by atoms with van der Waals surface area (Å²) >= 11 is 0. The third-order valence-electron chi connectivity index (χ3n) is 3.16. The van der Waals surface area contributed by atoms with Crippen molar-refractivity contribution in [1.82, 2.24) is 0 Å². The first kappa shape index (κ1) is 12.1. The molecule has 1 aromatic rings. The highest BCUT2D eigenvalue weighted by atomic mass is 32.2. The minimum Gasteiger partial charge on any atom is -0.461 e. The highest BCUT2D eigenvalue weighted by molar-refractivity contribution is 7.92. The number of benzene rings is 1. The van der Waals surface area contributed by atoms with Crippen molar-refractivity contribution in [2.75, 3.05) is 0 Å². The minimum atomic E-state index is -3.64. The second-order valence-electron chi connectivity index (χ2n) is 4.28. The molecule has 1 saturated heterocycles. The molecule has 17 heavy (non-hydrogen) atoms. The van der Waals surface area contributed by atoms with E-state index >= 15 is 0 Å². The Morgan fingerprint density at radius 2 is 1.71 bits per heavy atom. The van der Waals surface area contributed by atoms with Crippen molar-refractivity contribution in [2.24, 2.45) is 5.92 Å². The van der Waals surface area contributed by atoms with Gasteiger partial charge in [0.15, 0.2) is 15.1 Å². The van der Waals surface area contributed by atoms with Crippen molar-refractivity contribution in [3.05, 3.63) is 30.3 Å². The van der Waals surface area contributed by atoms with Gasteiger partial charge < -0.3 is 4.74 Å². The van der Waals surface area contributed by atoms with E-state index in [1.54, 1.807) is 32.0 Å². The fourth-order valence-corrected chi connectivity index (χ4v) is 3.91. The van der Waals surface area contributed by atoms with Gasteiger partial charge in [-0.1, -0.05) is 25.1 Å². The topological polar surface area (TPSA) is 60.4 Å². The number of ether oxygens (including phenoxy) is 1. The standard InChI is InChI=1S/C12H14O4S/c1-8-9(2)16-12(13)11(8)17(14,15)10-6-4-3-5-7-10/h3-9,11H,1-2H3/t8-,9+,11+/m0/s1. The Balaban J connectivity index is 2.44. The van der Waals surface area contributed by atoms with Crippen LogP contribution in [0.4, 0.5) is 0 Å². The minimum absolute atomic E-state index is 0.169. The third kappa shape index (κ3) is 1.95. The quantitative estimate of drug-likeness (QED) is 0.749. The second kappa shape index (κ2) is 4.14. The highest BCUT2D eigenvalue weighted by Gasteiger charge is 2.48. The van der Waals surface area contributed by atoms with Crippen LogP contribution in [0.15, 0.2) is 35.2 Å². The monoisotopic (exact) mass is 254 g/mol. The fourth-order valence-electron chi connectivity index (χ4n) is 1.98. The van der Waals surface area contributed by atoms with E-state index in [9.17, 15) is 13.2 Å². The SMILES string of the molecule is C[C@H]1[C@@H](C)OC(=O)[C@@H]1S(=O)(=O)c1ccccc1. The molecule has 1 fully saturated rings. The van der Waals surface area contributed by atoms with Crippen molar-refractivity contribution in [3.63, 3.8) is 0 Å². The Morgan fingerprint density at radius 3 is 2.18 bits per heavy atom. The molecule has 0 N–H and O–H groups in total. The van der Waals surface area contributed by atoms with E-state index in [2.05, 4.69) is 0 Å². The molecular weight excluding hydrogens is 240 g/mol. The smallest absolute Gasteiger partial charge is 0.325 e. The van der Waals surface area contributed by atoms with Gasteiger partial charge in [-0.2, -0.15) is 0 Å². The Kier molecular flexibility index (Phi) is 2.95. The largest absolute Gasteiger partial charge is 0.461 e. The van der Waals surface area contributed by atoms with Gasteiger partial charge >= 0.3 is 5.97 Å². The van der Waals surface area contributed by atoms with Crippen LogP contribution < -0.4 is 0 Å². The van der Waals surface area contributed by atoms with Crippen LogP contribution in [0.5, 0.6) is 0 Å². The van der Waals surface area contributed by atoms with Crippen molar-refractivity contribution < 1.29 is 17.9 Å². The zero-order valence-corrected chi connectivity index (χ0v) is 10.5. The molecule has 3 atom stereocenters. The maximum Gasteiger partial charge on any atom is 0.325 e. The molecule has 1 aromatic carbocycles. The molecule has 5 heteroatoms. The van der Waals surface area contributed by atoms with Gasteiger partial charge in [-0.3, -0.25) is 4.79 Å². The molecule has 0 unspecified atom stereocenters. The predicted molar refractivity (Wildman–Crippen MR) is 62.1 cm³/mol. The molecule has 0 radical (unpaired) electrons. The Labute approximate surface area is 101 Å². The van der Waals surface area contributed by atoms with Crippen LogP contribution in [0.25, 0.3) is 0 Å². The zero-order chi connectivity index (χ0) is 12.6. The van der Waals surface area contributed by atoms with Crippen LogP contribution in [0.3, 0.4) is 0 Å². The highest BCUT2D eigenvalue weighted by Crippen LogP contribution is 2.31. The average Bonchev–Trinajstić information content (AvgIpc) is 2.54. The summed E-state index contributed by atoms with van der Waals surface area (Å²) in [6.07, 6.45) is -0.356. The van der Waals surface area contributed by atoms with Gasteiger partial charge in [-0.25, -0.2) is 8.42 Å². The van der Waals surface area contributed by atoms with E-state index in [-0.39, 0.29) is 16.9 Å². The van der Waals surface area contributed by atoms with E-state index in [1.807, 2.05) is 0 Å². The number of esters is 1. The van der Waals surface area contributed by atoms with Crippen molar-refractivity contribution in [2.45, 2.75) is 30.1 Å². The normalized spacial score (nSPS) is 29.1. The van der Waals surface area contributed by atoms with E-state index in [1.165, 1.54) is 12.1 Å². The van der Waals surface area contributed by atoms with Crippen molar-refractivity contribution >= 4 is 15.8 Å². The lowest BCUT2D eigenvalue weighted by molar-refractivity contribution is -0.140. The van der Waals surface area contributed by atoms with Crippen LogP contribution in [-0.2, 0) is 19.4 Å². The van der Waals surface area contributed by atoms with Gasteiger partial charge in [0.05, 0.1) is 4.90 Å². The van der Waals surface area contributed by atoms with Crippen LogP contribution in [0, 0.1) is 5.92 Å². The molecule has 0 bridgehead atoms. The summed E-state index contributed by atoms with van der Waals surface area (Å²) in [5, 5.41) is -1.08. The molecule has 0 amide bonds. The molecule has 0 spiro atoms. The maximum atomic E-state index is 12.3. The Morgan fingerprint density at radius 1 is 1.12 bits per heavy atom. The summed E-state index contributed by atoms with van der Waals surface area (Å²) in [6.45, 7) is 3.43. The summed E-state index contributed by atoms with van der Waals surface area (Å²) < 4.78 is 29.6. The fraction of sp³-hybridized carbons (Fsp3) is 0.417. The summed E-state index contributed by atoms with van der Waals surface area (Å²) in [5.41, 5.74) is 0. The van der Waals surface area contributed by atoms with Gasteiger partial charge in [-0.15, -0.1) is 0 Å².